The van der Waals surface area contributed by atoms with E-state index in [4.69, 9.17) is 0 Å². The minimum absolute atomic E-state index is 0.00435. The second-order valence-electron chi connectivity index (χ2n) is 2.50. The van der Waals surface area contributed by atoms with Gasteiger partial charge in [0.2, 0.25) is 0 Å². The lowest BCUT2D eigenvalue weighted by molar-refractivity contribution is -0.384. The molecule has 12 heavy (non-hydrogen) atoms. The molecule has 0 unspecified atom stereocenters. The predicted molar refractivity (Wildman–Crippen MR) is 42.6 cm³/mol. The zero-order chi connectivity index (χ0) is 9.14. The zero-order valence-corrected chi connectivity index (χ0v) is 6.58. The highest BCUT2D eigenvalue weighted by atomic mass is 19.1. The van der Waals surface area contributed by atoms with E-state index in [1.807, 2.05) is 0 Å². The molecule has 1 rings (SSSR count). The number of aryl methyl sites for hydroxylation is 1. The van der Waals surface area contributed by atoms with Crippen molar-refractivity contribution in [3.63, 3.8) is 0 Å². The monoisotopic (exact) mass is 169 g/mol. The maximum Gasteiger partial charge on any atom is 0.269 e. The van der Waals surface area contributed by atoms with Crippen molar-refractivity contribution in [1.82, 2.24) is 0 Å². The van der Waals surface area contributed by atoms with Gasteiger partial charge in [-0.2, -0.15) is 0 Å². The normalized spacial score (nSPS) is 9.83. The Balaban J connectivity index is 3.10. The Morgan fingerprint density at radius 3 is 2.67 bits per heavy atom. The van der Waals surface area contributed by atoms with Crippen molar-refractivity contribution in [3.8, 4) is 0 Å². The van der Waals surface area contributed by atoms with E-state index in [0.29, 0.717) is 11.1 Å². The van der Waals surface area contributed by atoms with Crippen LogP contribution in [0.4, 0.5) is 10.1 Å². The van der Waals surface area contributed by atoms with E-state index >= 15 is 0 Å². The number of rotatable bonds is 2. The Bertz CT molecular complexity index is 312. The van der Waals surface area contributed by atoms with Crippen molar-refractivity contribution in [1.29, 1.82) is 0 Å². The minimum atomic E-state index is -0.580. The second kappa shape index (κ2) is 3.30. The van der Waals surface area contributed by atoms with Crippen LogP contribution in [0.15, 0.2) is 18.2 Å². The molecule has 0 fully saturated rings. The van der Waals surface area contributed by atoms with Crippen LogP contribution < -0.4 is 0 Å². The molecule has 0 aliphatic rings. The molecule has 0 atom stereocenters. The van der Waals surface area contributed by atoms with Crippen molar-refractivity contribution in [2.24, 2.45) is 0 Å². The average Bonchev–Trinajstić information content (AvgIpc) is 2.04. The van der Waals surface area contributed by atoms with Gasteiger partial charge < -0.3 is 0 Å². The van der Waals surface area contributed by atoms with Crippen LogP contribution in [0.25, 0.3) is 0 Å². The quantitative estimate of drug-likeness (QED) is 0.503. The number of nitrogens with zero attached hydrogens (tertiary/aromatic N) is 1. The fourth-order valence-electron chi connectivity index (χ4n) is 0.944. The first-order valence-electron chi connectivity index (χ1n) is 3.45. The number of nitro groups is 1. The van der Waals surface area contributed by atoms with Crippen LogP contribution in [0, 0.1) is 17.0 Å². The number of benzene rings is 1. The SMILES string of the molecule is Cc1cc([N+](=O)[O-])ccc1CF. The number of halogens is 1. The van der Waals surface area contributed by atoms with Gasteiger partial charge in [0.1, 0.15) is 6.67 Å². The molecule has 4 heteroatoms. The lowest BCUT2D eigenvalue weighted by Crippen LogP contribution is -1.91. The molecule has 0 aliphatic carbocycles. The van der Waals surface area contributed by atoms with E-state index in [0.717, 1.165) is 0 Å². The topological polar surface area (TPSA) is 43.1 Å². The molecule has 1 aromatic carbocycles. The van der Waals surface area contributed by atoms with Crippen molar-refractivity contribution in [2.75, 3.05) is 0 Å². The standard InChI is InChI=1S/C8H8FNO2/c1-6-4-8(10(11)12)3-2-7(6)5-9/h2-4H,5H2,1H3. The molecule has 1 aromatic rings. The smallest absolute Gasteiger partial charge is 0.258 e. The molecule has 0 saturated heterocycles. The summed E-state index contributed by atoms with van der Waals surface area (Å²) in [5, 5.41) is 10.3. The summed E-state index contributed by atoms with van der Waals surface area (Å²) < 4.78 is 12.1. The number of nitro benzene ring substituents is 1. The fourth-order valence-corrected chi connectivity index (χ4v) is 0.944. The maximum atomic E-state index is 12.1. The van der Waals surface area contributed by atoms with E-state index in [1.54, 1.807) is 6.92 Å². The van der Waals surface area contributed by atoms with Crippen molar-refractivity contribution in [3.05, 3.63) is 39.4 Å². The molecule has 0 heterocycles. The van der Waals surface area contributed by atoms with Crippen LogP contribution in [0.5, 0.6) is 0 Å². The Kier molecular flexibility index (Phi) is 2.38. The Hall–Kier alpha value is -1.45. The summed E-state index contributed by atoms with van der Waals surface area (Å²) in [5.74, 6) is 0. The van der Waals surface area contributed by atoms with Crippen LogP contribution in [-0.2, 0) is 6.67 Å². The molecule has 0 amide bonds. The summed E-state index contributed by atoms with van der Waals surface area (Å²) in [5.41, 5.74) is 1.12. The van der Waals surface area contributed by atoms with Gasteiger partial charge in [-0.3, -0.25) is 10.1 Å². The highest BCUT2D eigenvalue weighted by molar-refractivity contribution is 5.38. The van der Waals surface area contributed by atoms with E-state index in [-0.39, 0.29) is 5.69 Å². The first-order valence-corrected chi connectivity index (χ1v) is 3.45. The number of hydrogen-bond acceptors (Lipinski definition) is 2. The highest BCUT2D eigenvalue weighted by Crippen LogP contribution is 2.17. The Labute approximate surface area is 69.0 Å². The van der Waals surface area contributed by atoms with Crippen LogP contribution >= 0.6 is 0 Å². The molecule has 0 aromatic heterocycles. The van der Waals surface area contributed by atoms with E-state index in [9.17, 15) is 14.5 Å². The second-order valence-corrected chi connectivity index (χ2v) is 2.50. The first kappa shape index (κ1) is 8.64. The summed E-state index contributed by atoms with van der Waals surface area (Å²) in [6, 6.07) is 4.12. The molecule has 0 bridgehead atoms. The summed E-state index contributed by atoms with van der Waals surface area (Å²) in [7, 11) is 0. The lowest BCUT2D eigenvalue weighted by Gasteiger charge is -1.99. The number of hydrogen-bond donors (Lipinski definition) is 0. The van der Waals surface area contributed by atoms with Crippen molar-refractivity contribution < 1.29 is 9.31 Å². The van der Waals surface area contributed by atoms with Gasteiger partial charge in [0.05, 0.1) is 4.92 Å². The van der Waals surface area contributed by atoms with Gasteiger partial charge >= 0.3 is 0 Å². The molecule has 0 spiro atoms. The van der Waals surface area contributed by atoms with E-state index in [2.05, 4.69) is 0 Å². The molecular formula is C8H8FNO2. The van der Waals surface area contributed by atoms with Gasteiger partial charge in [0.25, 0.3) is 5.69 Å². The molecule has 0 saturated carbocycles. The predicted octanol–water partition coefficient (Wildman–Crippen LogP) is 2.37. The van der Waals surface area contributed by atoms with Gasteiger partial charge in [-0.25, -0.2) is 4.39 Å². The van der Waals surface area contributed by atoms with E-state index in [1.165, 1.54) is 18.2 Å². The fraction of sp³-hybridized carbons (Fsp3) is 0.250. The highest BCUT2D eigenvalue weighted by Gasteiger charge is 2.06. The molecule has 0 aliphatic heterocycles. The third kappa shape index (κ3) is 1.58. The maximum absolute atomic E-state index is 12.1. The molecule has 3 nitrogen and oxygen atoms in total. The van der Waals surface area contributed by atoms with Gasteiger partial charge in [-0.15, -0.1) is 0 Å². The summed E-state index contributed by atoms with van der Waals surface area (Å²) >= 11 is 0. The number of non-ortho nitro benzene ring substituents is 1. The first-order chi connectivity index (χ1) is 5.65. The summed E-state index contributed by atoms with van der Waals surface area (Å²) in [6.45, 7) is 1.08. The lowest BCUT2D eigenvalue weighted by atomic mass is 10.1. The Morgan fingerprint density at radius 2 is 2.25 bits per heavy atom. The molecular weight excluding hydrogens is 161 g/mol. The Morgan fingerprint density at radius 1 is 1.58 bits per heavy atom. The third-order valence-electron chi connectivity index (χ3n) is 1.68. The van der Waals surface area contributed by atoms with Gasteiger partial charge in [0, 0.05) is 12.1 Å². The minimum Gasteiger partial charge on any atom is -0.258 e. The van der Waals surface area contributed by atoms with Crippen LogP contribution in [-0.4, -0.2) is 4.92 Å². The number of alkyl halides is 1. The van der Waals surface area contributed by atoms with Gasteiger partial charge in [0.15, 0.2) is 0 Å². The summed E-state index contributed by atoms with van der Waals surface area (Å²) in [6.07, 6.45) is 0. The molecule has 0 N–H and O–H groups in total. The van der Waals surface area contributed by atoms with Crippen LogP contribution in [0.1, 0.15) is 11.1 Å². The van der Waals surface area contributed by atoms with Crippen LogP contribution in [0.3, 0.4) is 0 Å². The zero-order valence-electron chi connectivity index (χ0n) is 6.58. The van der Waals surface area contributed by atoms with Crippen LogP contribution in [0.2, 0.25) is 0 Å². The largest absolute Gasteiger partial charge is 0.269 e. The molecule has 64 valence electrons. The summed E-state index contributed by atoms with van der Waals surface area (Å²) in [4.78, 5) is 9.77. The average molecular weight is 169 g/mol. The molecule has 0 radical (unpaired) electrons. The van der Waals surface area contributed by atoms with Gasteiger partial charge in [-0.1, -0.05) is 0 Å². The van der Waals surface area contributed by atoms with E-state index < -0.39 is 11.6 Å². The van der Waals surface area contributed by atoms with Crippen molar-refractivity contribution in [2.45, 2.75) is 13.6 Å². The van der Waals surface area contributed by atoms with Crippen molar-refractivity contribution >= 4 is 5.69 Å². The third-order valence-corrected chi connectivity index (χ3v) is 1.68. The van der Waals surface area contributed by atoms with Gasteiger partial charge in [-0.05, 0) is 24.1 Å².